The van der Waals surface area contributed by atoms with Crippen molar-refractivity contribution in [3.05, 3.63) is 41.6 Å². The van der Waals surface area contributed by atoms with Gasteiger partial charge in [0.15, 0.2) is 0 Å². The Morgan fingerprint density at radius 2 is 1.87 bits per heavy atom. The molecule has 0 spiro atoms. The summed E-state index contributed by atoms with van der Waals surface area (Å²) in [5, 5.41) is 3.83. The van der Waals surface area contributed by atoms with E-state index in [9.17, 15) is 8.42 Å². The summed E-state index contributed by atoms with van der Waals surface area (Å²) in [6.07, 6.45) is 0. The summed E-state index contributed by atoms with van der Waals surface area (Å²) in [4.78, 5) is 0.156. The molecular formula is C15H20N2O5S. The van der Waals surface area contributed by atoms with Crippen LogP contribution in [0, 0.1) is 13.8 Å². The number of nitrogens with zero attached hydrogens (tertiary/aromatic N) is 2. The molecule has 1 aromatic heterocycles. The van der Waals surface area contributed by atoms with E-state index in [1.807, 2.05) is 0 Å². The van der Waals surface area contributed by atoms with Gasteiger partial charge in [-0.05, 0) is 26.0 Å². The quantitative estimate of drug-likeness (QED) is 0.541. The first-order chi connectivity index (χ1) is 11.0. The summed E-state index contributed by atoms with van der Waals surface area (Å²) in [6.45, 7) is 3.96. The Labute approximate surface area is 135 Å². The maximum atomic E-state index is 12.9. The standard InChI is InChI=1S/C15H20N2O5S/c1-12-13(2)16-22-15(12)17(11-21-10-9-20-3)23(18,19)14-7-5-4-6-8-14/h4-8H,9-11H2,1-3H3. The van der Waals surface area contributed by atoms with Gasteiger partial charge in [0.1, 0.15) is 6.73 Å². The molecule has 0 fully saturated rings. The van der Waals surface area contributed by atoms with Crippen LogP contribution in [-0.2, 0) is 19.5 Å². The Morgan fingerprint density at radius 1 is 1.17 bits per heavy atom. The minimum Gasteiger partial charge on any atom is -0.382 e. The fourth-order valence-electron chi connectivity index (χ4n) is 1.88. The molecule has 2 rings (SSSR count). The molecule has 0 N–H and O–H groups in total. The van der Waals surface area contributed by atoms with Crippen molar-refractivity contribution in [2.75, 3.05) is 31.4 Å². The van der Waals surface area contributed by atoms with E-state index in [1.165, 1.54) is 12.1 Å². The molecule has 0 aliphatic rings. The van der Waals surface area contributed by atoms with Gasteiger partial charge in [0, 0.05) is 12.7 Å². The molecule has 7 nitrogen and oxygen atoms in total. The zero-order chi connectivity index (χ0) is 16.9. The third-order valence-corrected chi connectivity index (χ3v) is 5.05. The molecular weight excluding hydrogens is 320 g/mol. The highest BCUT2D eigenvalue weighted by atomic mass is 32.2. The second-order valence-corrected chi connectivity index (χ2v) is 6.76. The monoisotopic (exact) mass is 340 g/mol. The number of hydrogen-bond acceptors (Lipinski definition) is 6. The van der Waals surface area contributed by atoms with Gasteiger partial charge in [0.25, 0.3) is 10.0 Å². The first-order valence-corrected chi connectivity index (χ1v) is 8.50. The van der Waals surface area contributed by atoms with Gasteiger partial charge in [0.2, 0.25) is 5.88 Å². The topological polar surface area (TPSA) is 81.9 Å². The third-order valence-electron chi connectivity index (χ3n) is 3.33. The molecule has 0 aliphatic heterocycles. The van der Waals surface area contributed by atoms with Crippen LogP contribution in [0.1, 0.15) is 11.3 Å². The molecule has 0 atom stereocenters. The highest BCUT2D eigenvalue weighted by Crippen LogP contribution is 2.28. The summed E-state index contributed by atoms with van der Waals surface area (Å²) in [5.74, 6) is 0.156. The summed E-state index contributed by atoms with van der Waals surface area (Å²) in [6, 6.07) is 8.12. The van der Waals surface area contributed by atoms with Crippen LogP contribution in [0.25, 0.3) is 0 Å². The van der Waals surface area contributed by atoms with E-state index in [-0.39, 0.29) is 24.1 Å². The highest BCUT2D eigenvalue weighted by Gasteiger charge is 2.30. The lowest BCUT2D eigenvalue weighted by atomic mass is 10.3. The van der Waals surface area contributed by atoms with Crippen LogP contribution >= 0.6 is 0 Å². The van der Waals surface area contributed by atoms with Crippen LogP contribution in [0.5, 0.6) is 0 Å². The van der Waals surface area contributed by atoms with E-state index < -0.39 is 10.0 Å². The number of rotatable bonds is 8. The van der Waals surface area contributed by atoms with E-state index in [4.69, 9.17) is 14.0 Å². The Kier molecular flexibility index (Phi) is 5.75. The minimum absolute atomic E-state index is 0.156. The average Bonchev–Trinajstić information content (AvgIpc) is 2.88. The maximum Gasteiger partial charge on any atom is 0.268 e. The smallest absolute Gasteiger partial charge is 0.268 e. The summed E-state index contributed by atoms with van der Waals surface area (Å²) >= 11 is 0. The van der Waals surface area contributed by atoms with Crippen LogP contribution in [0.3, 0.4) is 0 Å². The predicted molar refractivity (Wildman–Crippen MR) is 84.8 cm³/mol. The summed E-state index contributed by atoms with van der Waals surface area (Å²) in [7, 11) is -2.27. The maximum absolute atomic E-state index is 12.9. The first-order valence-electron chi connectivity index (χ1n) is 7.06. The van der Waals surface area contributed by atoms with Crippen LogP contribution in [0.2, 0.25) is 0 Å². The number of ether oxygens (including phenoxy) is 2. The lowest BCUT2D eigenvalue weighted by molar-refractivity contribution is 0.0744. The SMILES string of the molecule is COCCOCN(c1onc(C)c1C)S(=O)(=O)c1ccccc1. The molecule has 0 amide bonds. The molecule has 0 saturated carbocycles. The van der Waals surface area contributed by atoms with Gasteiger partial charge in [-0.15, -0.1) is 0 Å². The Morgan fingerprint density at radius 3 is 2.43 bits per heavy atom. The largest absolute Gasteiger partial charge is 0.382 e. The van der Waals surface area contributed by atoms with E-state index in [1.54, 1.807) is 39.2 Å². The van der Waals surface area contributed by atoms with Gasteiger partial charge >= 0.3 is 0 Å². The molecule has 0 bridgehead atoms. The van der Waals surface area contributed by atoms with Gasteiger partial charge < -0.3 is 14.0 Å². The molecule has 8 heteroatoms. The third kappa shape index (κ3) is 3.90. The number of aryl methyl sites for hydroxylation is 1. The molecule has 0 saturated heterocycles. The van der Waals surface area contributed by atoms with E-state index in [2.05, 4.69) is 5.16 Å². The van der Waals surface area contributed by atoms with Crippen molar-refractivity contribution in [3.8, 4) is 0 Å². The van der Waals surface area contributed by atoms with Crippen molar-refractivity contribution in [1.82, 2.24) is 5.16 Å². The Bertz CT molecular complexity index is 728. The van der Waals surface area contributed by atoms with Crippen molar-refractivity contribution in [2.24, 2.45) is 0 Å². The molecule has 0 unspecified atom stereocenters. The van der Waals surface area contributed by atoms with Crippen LogP contribution in [0.4, 0.5) is 5.88 Å². The average molecular weight is 340 g/mol. The van der Waals surface area contributed by atoms with Gasteiger partial charge in [-0.3, -0.25) is 0 Å². The second kappa shape index (κ2) is 7.58. The van der Waals surface area contributed by atoms with Gasteiger partial charge in [-0.2, -0.15) is 0 Å². The number of aromatic nitrogens is 1. The van der Waals surface area contributed by atoms with Gasteiger partial charge in [-0.25, -0.2) is 12.7 Å². The molecule has 2 aromatic rings. The summed E-state index contributed by atoms with van der Waals surface area (Å²) in [5.41, 5.74) is 1.28. The van der Waals surface area contributed by atoms with Crippen LogP contribution < -0.4 is 4.31 Å². The highest BCUT2D eigenvalue weighted by molar-refractivity contribution is 7.92. The van der Waals surface area contributed by atoms with Gasteiger partial charge in [-0.1, -0.05) is 23.4 Å². The van der Waals surface area contributed by atoms with Crippen molar-refractivity contribution in [1.29, 1.82) is 0 Å². The fraction of sp³-hybridized carbons (Fsp3) is 0.400. The zero-order valence-corrected chi connectivity index (χ0v) is 14.2. The van der Waals surface area contributed by atoms with Crippen molar-refractivity contribution < 1.29 is 22.4 Å². The fourth-order valence-corrected chi connectivity index (χ4v) is 3.24. The number of sulfonamides is 1. The van der Waals surface area contributed by atoms with Crippen molar-refractivity contribution in [3.63, 3.8) is 0 Å². The normalized spacial score (nSPS) is 11.6. The lowest BCUT2D eigenvalue weighted by Gasteiger charge is -2.21. The first kappa shape index (κ1) is 17.5. The van der Waals surface area contributed by atoms with Crippen LogP contribution in [0.15, 0.2) is 39.8 Å². The van der Waals surface area contributed by atoms with E-state index in [0.717, 1.165) is 4.31 Å². The Balaban J connectivity index is 2.35. The van der Waals surface area contributed by atoms with Crippen molar-refractivity contribution in [2.45, 2.75) is 18.7 Å². The molecule has 126 valence electrons. The minimum atomic E-state index is -3.82. The molecule has 0 aliphatic carbocycles. The Hall–Kier alpha value is -1.90. The van der Waals surface area contributed by atoms with E-state index in [0.29, 0.717) is 17.9 Å². The molecule has 23 heavy (non-hydrogen) atoms. The number of benzene rings is 1. The number of methoxy groups -OCH3 is 1. The van der Waals surface area contributed by atoms with Crippen LogP contribution in [-0.4, -0.2) is 40.6 Å². The molecule has 1 heterocycles. The predicted octanol–water partition coefficient (Wildman–Crippen LogP) is 2.11. The van der Waals surface area contributed by atoms with Gasteiger partial charge in [0.05, 0.1) is 23.8 Å². The molecule has 1 aromatic carbocycles. The zero-order valence-electron chi connectivity index (χ0n) is 13.4. The second-order valence-electron chi connectivity index (χ2n) is 4.89. The van der Waals surface area contributed by atoms with Crippen molar-refractivity contribution >= 4 is 15.9 Å². The molecule has 0 radical (unpaired) electrons. The number of hydrogen-bond donors (Lipinski definition) is 0. The van der Waals surface area contributed by atoms with E-state index >= 15 is 0 Å². The number of anilines is 1. The summed E-state index contributed by atoms with van der Waals surface area (Å²) < 4.78 is 42.3. The lowest BCUT2D eigenvalue weighted by Crippen LogP contribution is -2.34.